The molecule has 0 radical (unpaired) electrons. The van der Waals surface area contributed by atoms with Gasteiger partial charge in [-0.25, -0.2) is 0 Å². The van der Waals surface area contributed by atoms with E-state index in [4.69, 9.17) is 5.26 Å². The number of anilines is 2. The first kappa shape index (κ1) is 16.9. The average molecular weight is 341 g/mol. The summed E-state index contributed by atoms with van der Waals surface area (Å²) in [7, 11) is 0. The van der Waals surface area contributed by atoms with Gasteiger partial charge in [0.15, 0.2) is 0 Å². The van der Waals surface area contributed by atoms with Crippen LogP contribution in [0.2, 0.25) is 0 Å². The fourth-order valence-electron chi connectivity index (χ4n) is 2.44. The van der Waals surface area contributed by atoms with Crippen molar-refractivity contribution in [2.45, 2.75) is 0 Å². The molecule has 0 unspecified atom stereocenters. The molecule has 5 heteroatoms. The standard InChI is InChI=1S/C21H15N3O2/c22-14-15-7-6-10-17(13-15)23-21(26)18-11-4-5-12-19(18)24-20(25)16-8-2-1-3-9-16/h1-13H,(H,23,26)(H,24,25). The van der Waals surface area contributed by atoms with E-state index in [1.807, 2.05) is 12.1 Å². The van der Waals surface area contributed by atoms with Crippen molar-refractivity contribution in [3.63, 3.8) is 0 Å². The molecular formula is C21H15N3O2. The predicted molar refractivity (Wildman–Crippen MR) is 99.9 cm³/mol. The lowest BCUT2D eigenvalue weighted by molar-refractivity contribution is 0.102. The molecular weight excluding hydrogens is 326 g/mol. The second kappa shape index (κ2) is 7.77. The molecule has 0 atom stereocenters. The highest BCUT2D eigenvalue weighted by molar-refractivity contribution is 6.12. The lowest BCUT2D eigenvalue weighted by atomic mass is 10.1. The second-order valence-electron chi connectivity index (χ2n) is 5.51. The number of para-hydroxylation sites is 1. The molecule has 0 spiro atoms. The Morgan fingerprint density at radius 3 is 2.27 bits per heavy atom. The van der Waals surface area contributed by atoms with Gasteiger partial charge >= 0.3 is 0 Å². The maximum Gasteiger partial charge on any atom is 0.257 e. The summed E-state index contributed by atoms with van der Waals surface area (Å²) in [6.45, 7) is 0. The largest absolute Gasteiger partial charge is 0.322 e. The number of nitrogens with zero attached hydrogens (tertiary/aromatic N) is 1. The van der Waals surface area contributed by atoms with Crippen molar-refractivity contribution in [3.8, 4) is 6.07 Å². The summed E-state index contributed by atoms with van der Waals surface area (Å²) < 4.78 is 0. The second-order valence-corrected chi connectivity index (χ2v) is 5.51. The molecule has 0 saturated carbocycles. The molecule has 2 amide bonds. The van der Waals surface area contributed by atoms with E-state index in [0.717, 1.165) is 0 Å². The Morgan fingerprint density at radius 1 is 0.769 bits per heavy atom. The van der Waals surface area contributed by atoms with Crippen LogP contribution in [0, 0.1) is 11.3 Å². The number of carbonyl (C=O) groups is 2. The van der Waals surface area contributed by atoms with Crippen molar-refractivity contribution < 1.29 is 9.59 Å². The minimum Gasteiger partial charge on any atom is -0.322 e. The van der Waals surface area contributed by atoms with Crippen molar-refractivity contribution in [2.24, 2.45) is 0 Å². The van der Waals surface area contributed by atoms with Crippen LogP contribution in [0.25, 0.3) is 0 Å². The van der Waals surface area contributed by atoms with Crippen LogP contribution in [0.1, 0.15) is 26.3 Å². The topological polar surface area (TPSA) is 82.0 Å². The van der Waals surface area contributed by atoms with Gasteiger partial charge in [-0.3, -0.25) is 9.59 Å². The van der Waals surface area contributed by atoms with Gasteiger partial charge in [-0.1, -0.05) is 36.4 Å². The normalized spacial score (nSPS) is 9.81. The van der Waals surface area contributed by atoms with Gasteiger partial charge in [0.25, 0.3) is 11.8 Å². The Morgan fingerprint density at radius 2 is 1.50 bits per heavy atom. The molecule has 0 aliphatic heterocycles. The van der Waals surface area contributed by atoms with Crippen molar-refractivity contribution in [1.82, 2.24) is 0 Å². The lowest BCUT2D eigenvalue weighted by Crippen LogP contribution is -2.18. The fourth-order valence-corrected chi connectivity index (χ4v) is 2.44. The van der Waals surface area contributed by atoms with Crippen molar-refractivity contribution in [2.75, 3.05) is 10.6 Å². The van der Waals surface area contributed by atoms with E-state index in [9.17, 15) is 9.59 Å². The number of nitrogens with one attached hydrogen (secondary N) is 2. The lowest BCUT2D eigenvalue weighted by Gasteiger charge is -2.11. The van der Waals surface area contributed by atoms with Crippen LogP contribution in [-0.4, -0.2) is 11.8 Å². The van der Waals surface area contributed by atoms with Crippen molar-refractivity contribution >= 4 is 23.2 Å². The molecule has 26 heavy (non-hydrogen) atoms. The SMILES string of the molecule is N#Cc1cccc(NC(=O)c2ccccc2NC(=O)c2ccccc2)c1. The molecule has 2 N–H and O–H groups in total. The Kier molecular flexibility index (Phi) is 5.06. The minimum absolute atomic E-state index is 0.294. The summed E-state index contributed by atoms with van der Waals surface area (Å²) in [5.41, 5.74) is 2.21. The number of hydrogen-bond donors (Lipinski definition) is 2. The summed E-state index contributed by atoms with van der Waals surface area (Å²) in [6, 6.07) is 24.2. The van der Waals surface area contributed by atoms with E-state index in [0.29, 0.717) is 28.1 Å². The van der Waals surface area contributed by atoms with Gasteiger partial charge < -0.3 is 10.6 Å². The van der Waals surface area contributed by atoms with Crippen LogP contribution in [-0.2, 0) is 0 Å². The monoisotopic (exact) mass is 341 g/mol. The number of carbonyl (C=O) groups excluding carboxylic acids is 2. The summed E-state index contributed by atoms with van der Waals surface area (Å²) >= 11 is 0. The zero-order valence-corrected chi connectivity index (χ0v) is 13.8. The first-order valence-corrected chi connectivity index (χ1v) is 7.94. The van der Waals surface area contributed by atoms with Gasteiger partial charge in [0, 0.05) is 11.3 Å². The smallest absolute Gasteiger partial charge is 0.257 e. The fraction of sp³-hybridized carbons (Fsp3) is 0. The number of nitriles is 1. The van der Waals surface area contributed by atoms with E-state index in [2.05, 4.69) is 10.6 Å². The van der Waals surface area contributed by atoms with Crippen LogP contribution in [0.5, 0.6) is 0 Å². The maximum absolute atomic E-state index is 12.6. The molecule has 3 aromatic rings. The van der Waals surface area contributed by atoms with Crippen molar-refractivity contribution in [1.29, 1.82) is 5.26 Å². The summed E-state index contributed by atoms with van der Waals surface area (Å²) in [4.78, 5) is 25.0. The number of benzene rings is 3. The Labute approximate surface area is 150 Å². The third-order valence-electron chi connectivity index (χ3n) is 3.71. The van der Waals surface area contributed by atoms with Gasteiger partial charge in [-0.2, -0.15) is 5.26 Å². The van der Waals surface area contributed by atoms with Gasteiger partial charge in [0.1, 0.15) is 0 Å². The quantitative estimate of drug-likeness (QED) is 0.750. The van der Waals surface area contributed by atoms with Crippen LogP contribution in [0.15, 0.2) is 78.9 Å². The Hall–Kier alpha value is -3.91. The number of hydrogen-bond acceptors (Lipinski definition) is 3. The first-order valence-electron chi connectivity index (χ1n) is 7.94. The highest BCUT2D eigenvalue weighted by Crippen LogP contribution is 2.19. The Bertz CT molecular complexity index is 991. The van der Waals surface area contributed by atoms with Gasteiger partial charge in [-0.05, 0) is 42.5 Å². The van der Waals surface area contributed by atoms with Crippen LogP contribution in [0.4, 0.5) is 11.4 Å². The summed E-state index contributed by atoms with van der Waals surface area (Å²) in [6.07, 6.45) is 0. The highest BCUT2D eigenvalue weighted by Gasteiger charge is 2.14. The molecule has 0 aromatic heterocycles. The van der Waals surface area contributed by atoms with E-state index in [-0.39, 0.29) is 11.8 Å². The van der Waals surface area contributed by atoms with Crippen LogP contribution < -0.4 is 10.6 Å². The molecule has 3 aromatic carbocycles. The Balaban J connectivity index is 1.81. The van der Waals surface area contributed by atoms with E-state index < -0.39 is 0 Å². The molecule has 0 aliphatic carbocycles. The average Bonchev–Trinajstić information content (AvgIpc) is 2.69. The number of amides is 2. The summed E-state index contributed by atoms with van der Waals surface area (Å²) in [5.74, 6) is -0.665. The molecule has 3 rings (SSSR count). The zero-order valence-electron chi connectivity index (χ0n) is 13.8. The molecule has 126 valence electrons. The zero-order chi connectivity index (χ0) is 18.4. The third-order valence-corrected chi connectivity index (χ3v) is 3.71. The van der Waals surface area contributed by atoms with Gasteiger partial charge in [-0.15, -0.1) is 0 Å². The molecule has 0 fully saturated rings. The molecule has 0 aliphatic rings. The summed E-state index contributed by atoms with van der Waals surface area (Å²) in [5, 5.41) is 14.5. The first-order chi connectivity index (χ1) is 12.7. The minimum atomic E-state index is -0.371. The van der Waals surface area contributed by atoms with Gasteiger partial charge in [0.05, 0.1) is 22.9 Å². The highest BCUT2D eigenvalue weighted by atomic mass is 16.2. The van der Waals surface area contributed by atoms with Crippen molar-refractivity contribution in [3.05, 3.63) is 95.6 Å². The van der Waals surface area contributed by atoms with E-state index in [1.165, 1.54) is 0 Å². The van der Waals surface area contributed by atoms with E-state index >= 15 is 0 Å². The predicted octanol–water partition coefficient (Wildman–Crippen LogP) is 4.06. The van der Waals surface area contributed by atoms with Crippen LogP contribution >= 0.6 is 0 Å². The van der Waals surface area contributed by atoms with E-state index in [1.54, 1.807) is 72.8 Å². The third kappa shape index (κ3) is 3.94. The molecule has 0 heterocycles. The molecule has 0 saturated heterocycles. The molecule has 5 nitrogen and oxygen atoms in total. The van der Waals surface area contributed by atoms with Crippen LogP contribution in [0.3, 0.4) is 0 Å². The maximum atomic E-state index is 12.6. The number of rotatable bonds is 4. The van der Waals surface area contributed by atoms with Gasteiger partial charge in [0.2, 0.25) is 0 Å². The molecule has 0 bridgehead atoms.